The maximum absolute atomic E-state index is 13.4. The maximum atomic E-state index is 13.4. The minimum absolute atomic E-state index is 0.106. The average molecular weight is 305 g/mol. The van der Waals surface area contributed by atoms with Crippen LogP contribution in [0, 0.1) is 5.82 Å². The number of hydrazine groups is 1. The third-order valence-electron chi connectivity index (χ3n) is 3.02. The molecule has 0 aliphatic heterocycles. The van der Waals surface area contributed by atoms with E-state index in [0.717, 1.165) is 5.56 Å². The molecule has 17 heavy (non-hydrogen) atoms. The van der Waals surface area contributed by atoms with Gasteiger partial charge in [0.2, 0.25) is 0 Å². The standard InChI is InChI=1S/C12H18BrFN2O/c1-12(2,17-3)10(16-15)7-8-5-4-6-9(14)11(8)13/h4-6,10,16H,7,15H2,1-3H3. The summed E-state index contributed by atoms with van der Waals surface area (Å²) in [5, 5.41) is 0. The lowest BCUT2D eigenvalue weighted by Gasteiger charge is -2.32. The zero-order chi connectivity index (χ0) is 13.1. The first-order valence-corrected chi connectivity index (χ1v) is 6.16. The van der Waals surface area contributed by atoms with Gasteiger partial charge >= 0.3 is 0 Å². The second-order valence-electron chi connectivity index (χ2n) is 4.44. The molecule has 3 nitrogen and oxygen atoms in total. The van der Waals surface area contributed by atoms with Crippen molar-refractivity contribution in [3.05, 3.63) is 34.1 Å². The SMILES string of the molecule is COC(C)(C)C(Cc1cccc(F)c1Br)NN. The van der Waals surface area contributed by atoms with Crippen molar-refractivity contribution < 1.29 is 9.13 Å². The summed E-state index contributed by atoms with van der Waals surface area (Å²) in [6.45, 7) is 3.87. The molecule has 96 valence electrons. The molecule has 0 aliphatic carbocycles. The van der Waals surface area contributed by atoms with Gasteiger partial charge in [0, 0.05) is 7.11 Å². The van der Waals surface area contributed by atoms with Gasteiger partial charge in [-0.2, -0.15) is 0 Å². The molecule has 0 amide bonds. The predicted molar refractivity (Wildman–Crippen MR) is 70.0 cm³/mol. The summed E-state index contributed by atoms with van der Waals surface area (Å²) in [6, 6.07) is 4.86. The Hall–Kier alpha value is -0.490. The highest BCUT2D eigenvalue weighted by Crippen LogP contribution is 2.24. The van der Waals surface area contributed by atoms with Crippen molar-refractivity contribution in [1.82, 2.24) is 5.43 Å². The number of hydrogen-bond acceptors (Lipinski definition) is 3. The van der Waals surface area contributed by atoms with E-state index in [1.54, 1.807) is 13.2 Å². The smallest absolute Gasteiger partial charge is 0.137 e. The van der Waals surface area contributed by atoms with E-state index in [1.165, 1.54) is 6.07 Å². The Kier molecular flexibility index (Phi) is 5.06. The highest BCUT2D eigenvalue weighted by molar-refractivity contribution is 9.10. The lowest BCUT2D eigenvalue weighted by molar-refractivity contribution is -0.0101. The van der Waals surface area contributed by atoms with Crippen molar-refractivity contribution in [3.8, 4) is 0 Å². The van der Waals surface area contributed by atoms with Crippen molar-refractivity contribution in [1.29, 1.82) is 0 Å². The summed E-state index contributed by atoms with van der Waals surface area (Å²) in [5.41, 5.74) is 3.15. The first kappa shape index (κ1) is 14.6. The molecule has 1 unspecified atom stereocenters. The van der Waals surface area contributed by atoms with Crippen molar-refractivity contribution in [2.45, 2.75) is 31.9 Å². The Bertz CT molecular complexity index is 385. The minimum Gasteiger partial charge on any atom is -0.377 e. The van der Waals surface area contributed by atoms with Crippen LogP contribution in [0.4, 0.5) is 4.39 Å². The van der Waals surface area contributed by atoms with Crippen LogP contribution in [-0.2, 0) is 11.2 Å². The normalized spacial score (nSPS) is 13.8. The molecule has 1 aromatic carbocycles. The lowest BCUT2D eigenvalue weighted by atomic mass is 9.92. The van der Waals surface area contributed by atoms with Crippen LogP contribution in [0.1, 0.15) is 19.4 Å². The molecule has 0 aromatic heterocycles. The molecule has 3 N–H and O–H groups in total. The van der Waals surface area contributed by atoms with E-state index >= 15 is 0 Å². The number of methoxy groups -OCH3 is 1. The van der Waals surface area contributed by atoms with Crippen molar-refractivity contribution >= 4 is 15.9 Å². The van der Waals surface area contributed by atoms with E-state index in [1.807, 2.05) is 19.9 Å². The largest absolute Gasteiger partial charge is 0.377 e. The summed E-state index contributed by atoms with van der Waals surface area (Å²) in [5.74, 6) is 5.26. The maximum Gasteiger partial charge on any atom is 0.137 e. The molecule has 0 bridgehead atoms. The summed E-state index contributed by atoms with van der Waals surface area (Å²) < 4.78 is 19.2. The molecule has 0 aliphatic rings. The monoisotopic (exact) mass is 304 g/mol. The first-order chi connectivity index (χ1) is 7.92. The van der Waals surface area contributed by atoms with Crippen LogP contribution in [0.3, 0.4) is 0 Å². The molecular weight excluding hydrogens is 287 g/mol. The van der Waals surface area contributed by atoms with Gasteiger partial charge in [0.15, 0.2) is 0 Å². The summed E-state index contributed by atoms with van der Waals surface area (Å²) in [7, 11) is 1.63. The van der Waals surface area contributed by atoms with Gasteiger partial charge in [0.05, 0.1) is 16.1 Å². The summed E-state index contributed by atoms with van der Waals surface area (Å²) in [6.07, 6.45) is 0.579. The molecule has 1 rings (SSSR count). The van der Waals surface area contributed by atoms with Crippen LogP contribution in [-0.4, -0.2) is 18.8 Å². The summed E-state index contributed by atoms with van der Waals surface area (Å²) in [4.78, 5) is 0. The molecule has 0 saturated carbocycles. The number of ether oxygens (including phenoxy) is 1. The molecule has 0 radical (unpaired) electrons. The average Bonchev–Trinajstić information content (AvgIpc) is 2.30. The fraction of sp³-hybridized carbons (Fsp3) is 0.500. The van der Waals surface area contributed by atoms with Crippen LogP contribution < -0.4 is 11.3 Å². The molecule has 1 atom stereocenters. The van der Waals surface area contributed by atoms with E-state index in [9.17, 15) is 4.39 Å². The van der Waals surface area contributed by atoms with Crippen LogP contribution in [0.25, 0.3) is 0 Å². The van der Waals surface area contributed by atoms with Crippen molar-refractivity contribution in [2.75, 3.05) is 7.11 Å². The highest BCUT2D eigenvalue weighted by Gasteiger charge is 2.29. The number of hydrogen-bond donors (Lipinski definition) is 2. The molecule has 0 fully saturated rings. The third kappa shape index (κ3) is 3.48. The molecule has 5 heteroatoms. The van der Waals surface area contributed by atoms with Crippen LogP contribution in [0.5, 0.6) is 0 Å². The number of nitrogens with two attached hydrogens (primary N) is 1. The van der Waals surface area contributed by atoms with Gasteiger partial charge in [0.1, 0.15) is 5.82 Å². The molecule has 0 saturated heterocycles. The molecular formula is C12H18BrFN2O. The zero-order valence-electron chi connectivity index (χ0n) is 10.3. The predicted octanol–water partition coefficient (Wildman–Crippen LogP) is 2.39. The van der Waals surface area contributed by atoms with Gasteiger partial charge in [-0.15, -0.1) is 0 Å². The lowest BCUT2D eigenvalue weighted by Crippen LogP contribution is -2.52. The van der Waals surface area contributed by atoms with Gasteiger partial charge in [-0.25, -0.2) is 4.39 Å². The quantitative estimate of drug-likeness (QED) is 0.648. The zero-order valence-corrected chi connectivity index (χ0v) is 11.8. The van der Waals surface area contributed by atoms with E-state index in [0.29, 0.717) is 10.9 Å². The fourth-order valence-corrected chi connectivity index (χ4v) is 2.00. The van der Waals surface area contributed by atoms with E-state index < -0.39 is 5.60 Å². The van der Waals surface area contributed by atoms with E-state index in [-0.39, 0.29) is 11.9 Å². The molecule has 0 heterocycles. The van der Waals surface area contributed by atoms with E-state index in [4.69, 9.17) is 10.6 Å². The Morgan fingerprint density at radius 1 is 1.53 bits per heavy atom. The third-order valence-corrected chi connectivity index (χ3v) is 3.91. The Morgan fingerprint density at radius 3 is 2.71 bits per heavy atom. The number of nitrogens with one attached hydrogen (secondary N) is 1. The molecule has 1 aromatic rings. The van der Waals surface area contributed by atoms with E-state index in [2.05, 4.69) is 21.4 Å². The number of rotatable bonds is 5. The van der Waals surface area contributed by atoms with Crippen molar-refractivity contribution in [3.63, 3.8) is 0 Å². The second-order valence-corrected chi connectivity index (χ2v) is 5.24. The molecule has 0 spiro atoms. The van der Waals surface area contributed by atoms with Crippen LogP contribution >= 0.6 is 15.9 Å². The van der Waals surface area contributed by atoms with Gasteiger partial charge < -0.3 is 4.74 Å². The fourth-order valence-electron chi connectivity index (χ4n) is 1.57. The Balaban J connectivity index is 2.92. The van der Waals surface area contributed by atoms with Gasteiger partial charge in [0.25, 0.3) is 0 Å². The Labute approximate surface area is 110 Å². The van der Waals surface area contributed by atoms with Crippen molar-refractivity contribution in [2.24, 2.45) is 5.84 Å². The summed E-state index contributed by atoms with van der Waals surface area (Å²) >= 11 is 3.24. The van der Waals surface area contributed by atoms with Gasteiger partial charge in [-0.3, -0.25) is 11.3 Å². The van der Waals surface area contributed by atoms with Crippen LogP contribution in [0.2, 0.25) is 0 Å². The number of halogens is 2. The Morgan fingerprint density at radius 2 is 2.18 bits per heavy atom. The topological polar surface area (TPSA) is 47.3 Å². The van der Waals surface area contributed by atoms with Gasteiger partial charge in [-0.05, 0) is 47.8 Å². The minimum atomic E-state index is -0.430. The highest BCUT2D eigenvalue weighted by atomic mass is 79.9. The second kappa shape index (κ2) is 5.91. The number of benzene rings is 1. The van der Waals surface area contributed by atoms with Crippen LogP contribution in [0.15, 0.2) is 22.7 Å². The first-order valence-electron chi connectivity index (χ1n) is 5.36. The van der Waals surface area contributed by atoms with Gasteiger partial charge in [-0.1, -0.05) is 12.1 Å².